The van der Waals surface area contributed by atoms with Crippen molar-refractivity contribution < 1.29 is 4.79 Å². The average molecular weight is 143 g/mol. The van der Waals surface area contributed by atoms with Gasteiger partial charge in [0.15, 0.2) is 0 Å². The minimum Gasteiger partial charge on any atom is -0.352 e. The zero-order valence-electron chi connectivity index (χ0n) is 5.89. The zero-order chi connectivity index (χ0) is 7.40. The molecule has 0 heterocycles. The lowest BCUT2D eigenvalue weighted by Crippen LogP contribution is -2.35. The Morgan fingerprint density at radius 2 is 2.20 bits per heavy atom. The first kappa shape index (κ1) is 7.34. The van der Waals surface area contributed by atoms with Gasteiger partial charge in [-0.05, 0) is 12.8 Å². The lowest BCUT2D eigenvalue weighted by atomic mass is 10.6. The number of carbonyl (C=O) groups is 1. The van der Waals surface area contributed by atoms with Crippen LogP contribution in [0.25, 0.3) is 0 Å². The third kappa shape index (κ3) is 3.29. The molecule has 0 spiro atoms. The smallest absolute Gasteiger partial charge is 0.312 e. The normalized spacial score (nSPS) is 16.8. The zero-order valence-corrected chi connectivity index (χ0v) is 5.89. The monoisotopic (exact) mass is 143 g/mol. The van der Waals surface area contributed by atoms with E-state index in [4.69, 9.17) is 5.73 Å². The van der Waals surface area contributed by atoms with Gasteiger partial charge in [-0.25, -0.2) is 4.79 Å². The summed E-state index contributed by atoms with van der Waals surface area (Å²) in [4.78, 5) is 10.1. The van der Waals surface area contributed by atoms with Gasteiger partial charge in [0.2, 0.25) is 0 Å². The molecule has 0 aromatic heterocycles. The highest BCUT2D eigenvalue weighted by molar-refractivity contribution is 5.71. The van der Waals surface area contributed by atoms with Crippen LogP contribution in [0.3, 0.4) is 0 Å². The van der Waals surface area contributed by atoms with Crippen LogP contribution in [-0.2, 0) is 0 Å². The molecule has 58 valence electrons. The van der Waals surface area contributed by atoms with Gasteiger partial charge in [-0.1, -0.05) is 0 Å². The molecule has 10 heavy (non-hydrogen) atoms. The summed E-state index contributed by atoms with van der Waals surface area (Å²) in [7, 11) is 0. The number of primary amides is 1. The molecule has 0 unspecified atom stereocenters. The van der Waals surface area contributed by atoms with Crippen molar-refractivity contribution in [1.82, 2.24) is 10.6 Å². The molecule has 4 nitrogen and oxygen atoms in total. The first-order chi connectivity index (χ1) is 4.79. The molecule has 0 aromatic rings. The highest BCUT2D eigenvalue weighted by Gasteiger charge is 2.19. The van der Waals surface area contributed by atoms with Gasteiger partial charge in [0.1, 0.15) is 0 Å². The molecule has 1 rings (SSSR count). The fourth-order valence-electron chi connectivity index (χ4n) is 0.749. The van der Waals surface area contributed by atoms with Crippen LogP contribution in [0, 0.1) is 0 Å². The van der Waals surface area contributed by atoms with Gasteiger partial charge in [-0.3, -0.25) is 0 Å². The van der Waals surface area contributed by atoms with Crippen LogP contribution in [0.4, 0.5) is 4.79 Å². The minimum atomic E-state index is -0.447. The maximum Gasteiger partial charge on any atom is 0.312 e. The van der Waals surface area contributed by atoms with E-state index in [1.165, 1.54) is 12.8 Å². The SMILES string of the molecule is NC(=O)NCCNC1CC1. The molecule has 1 aliphatic carbocycles. The van der Waals surface area contributed by atoms with Crippen LogP contribution < -0.4 is 16.4 Å². The second-order valence-corrected chi connectivity index (χ2v) is 2.52. The lowest BCUT2D eigenvalue weighted by molar-refractivity contribution is 0.249. The highest BCUT2D eigenvalue weighted by Crippen LogP contribution is 2.17. The molecular weight excluding hydrogens is 130 g/mol. The van der Waals surface area contributed by atoms with Gasteiger partial charge in [0, 0.05) is 19.1 Å². The largest absolute Gasteiger partial charge is 0.352 e. The first-order valence-electron chi connectivity index (χ1n) is 3.56. The van der Waals surface area contributed by atoms with E-state index in [-0.39, 0.29) is 0 Å². The van der Waals surface area contributed by atoms with Gasteiger partial charge in [-0.2, -0.15) is 0 Å². The predicted molar refractivity (Wildman–Crippen MR) is 38.6 cm³/mol. The Kier molecular flexibility index (Phi) is 2.50. The van der Waals surface area contributed by atoms with Gasteiger partial charge in [0.05, 0.1) is 0 Å². The minimum absolute atomic E-state index is 0.447. The van der Waals surface area contributed by atoms with Crippen LogP contribution in [0.15, 0.2) is 0 Å². The van der Waals surface area contributed by atoms with E-state index in [2.05, 4.69) is 10.6 Å². The van der Waals surface area contributed by atoms with E-state index in [1.807, 2.05) is 0 Å². The maximum atomic E-state index is 10.1. The Morgan fingerprint density at radius 1 is 1.50 bits per heavy atom. The summed E-state index contributed by atoms with van der Waals surface area (Å²) in [6, 6.07) is 0.257. The number of nitrogens with one attached hydrogen (secondary N) is 2. The molecular formula is C6H13N3O. The summed E-state index contributed by atoms with van der Waals surface area (Å²) in [5, 5.41) is 5.75. The number of rotatable bonds is 4. The molecule has 2 amide bonds. The molecule has 4 heteroatoms. The fourth-order valence-corrected chi connectivity index (χ4v) is 0.749. The van der Waals surface area contributed by atoms with Gasteiger partial charge in [-0.15, -0.1) is 0 Å². The molecule has 0 bridgehead atoms. The third-order valence-electron chi connectivity index (χ3n) is 1.43. The molecule has 1 aliphatic rings. The van der Waals surface area contributed by atoms with Crippen molar-refractivity contribution in [2.45, 2.75) is 18.9 Å². The summed E-state index contributed by atoms with van der Waals surface area (Å²) < 4.78 is 0. The Hall–Kier alpha value is -0.770. The Labute approximate surface area is 60.2 Å². The Bertz CT molecular complexity index is 122. The third-order valence-corrected chi connectivity index (χ3v) is 1.43. The van der Waals surface area contributed by atoms with E-state index >= 15 is 0 Å². The van der Waals surface area contributed by atoms with Crippen molar-refractivity contribution >= 4 is 6.03 Å². The summed E-state index contributed by atoms with van der Waals surface area (Å²) >= 11 is 0. The summed E-state index contributed by atoms with van der Waals surface area (Å²) in [5.41, 5.74) is 4.85. The van der Waals surface area contributed by atoms with Crippen LogP contribution in [-0.4, -0.2) is 25.2 Å². The number of carbonyl (C=O) groups excluding carboxylic acids is 1. The van der Waals surface area contributed by atoms with Crippen LogP contribution >= 0.6 is 0 Å². The number of amides is 2. The quantitative estimate of drug-likeness (QED) is 0.460. The first-order valence-corrected chi connectivity index (χ1v) is 3.56. The highest BCUT2D eigenvalue weighted by atomic mass is 16.2. The van der Waals surface area contributed by atoms with Gasteiger partial charge in [0.25, 0.3) is 0 Å². The van der Waals surface area contributed by atoms with Crippen LogP contribution in [0.2, 0.25) is 0 Å². The van der Waals surface area contributed by atoms with Crippen molar-refractivity contribution in [3.05, 3.63) is 0 Å². The summed E-state index contributed by atoms with van der Waals surface area (Å²) in [6.07, 6.45) is 2.55. The fraction of sp³-hybridized carbons (Fsp3) is 0.833. The molecule has 1 saturated carbocycles. The summed E-state index contributed by atoms with van der Waals surface area (Å²) in [5.74, 6) is 0. The molecule has 0 saturated heterocycles. The summed E-state index contributed by atoms with van der Waals surface area (Å²) in [6.45, 7) is 1.46. The standard InChI is InChI=1S/C6H13N3O/c7-6(10)9-4-3-8-5-1-2-5/h5,8H,1-4H2,(H3,7,9,10). The van der Waals surface area contributed by atoms with Crippen LogP contribution in [0.1, 0.15) is 12.8 Å². The van der Waals surface area contributed by atoms with E-state index < -0.39 is 6.03 Å². The second-order valence-electron chi connectivity index (χ2n) is 2.52. The Morgan fingerprint density at radius 3 is 2.70 bits per heavy atom. The van der Waals surface area contributed by atoms with Crippen LogP contribution in [0.5, 0.6) is 0 Å². The average Bonchev–Trinajstić information content (AvgIpc) is 2.62. The van der Waals surface area contributed by atoms with E-state index in [1.54, 1.807) is 0 Å². The van der Waals surface area contributed by atoms with Gasteiger partial charge < -0.3 is 16.4 Å². The predicted octanol–water partition coefficient (Wildman–Crippen LogP) is -0.593. The molecule has 0 aromatic carbocycles. The molecule has 1 fully saturated rings. The molecule has 0 aliphatic heterocycles. The maximum absolute atomic E-state index is 10.1. The molecule has 4 N–H and O–H groups in total. The molecule has 0 atom stereocenters. The number of urea groups is 1. The van der Waals surface area contributed by atoms with E-state index in [0.717, 1.165) is 6.54 Å². The van der Waals surface area contributed by atoms with Crippen molar-refractivity contribution in [3.8, 4) is 0 Å². The Balaban J connectivity index is 1.80. The van der Waals surface area contributed by atoms with Crippen molar-refractivity contribution in [2.24, 2.45) is 5.73 Å². The number of hydrogen-bond acceptors (Lipinski definition) is 2. The van der Waals surface area contributed by atoms with Crippen molar-refractivity contribution in [2.75, 3.05) is 13.1 Å². The van der Waals surface area contributed by atoms with Crippen molar-refractivity contribution in [1.29, 1.82) is 0 Å². The van der Waals surface area contributed by atoms with E-state index in [9.17, 15) is 4.79 Å². The number of nitrogens with two attached hydrogens (primary N) is 1. The lowest BCUT2D eigenvalue weighted by Gasteiger charge is -2.01. The van der Waals surface area contributed by atoms with Crippen molar-refractivity contribution in [3.63, 3.8) is 0 Å². The van der Waals surface area contributed by atoms with E-state index in [0.29, 0.717) is 12.6 Å². The number of hydrogen-bond donors (Lipinski definition) is 3. The molecule has 0 radical (unpaired) electrons. The van der Waals surface area contributed by atoms with Gasteiger partial charge >= 0.3 is 6.03 Å². The second kappa shape index (κ2) is 3.41. The topological polar surface area (TPSA) is 67.2 Å².